The number of benzene rings is 1. The molecule has 1 aromatic rings. The van der Waals surface area contributed by atoms with Gasteiger partial charge in [0.2, 0.25) is 0 Å². The van der Waals surface area contributed by atoms with E-state index in [1.165, 1.54) is 26.5 Å². The SMILES string of the molecule is CC1(C)OC(=O)C(=CNc2ccc(Cl)c(C(=O)NC3CCCCC3)c2)C(=O)O1. The first kappa shape index (κ1) is 20.2. The zero-order valence-electron chi connectivity index (χ0n) is 15.8. The van der Waals surface area contributed by atoms with E-state index in [9.17, 15) is 14.4 Å². The molecule has 0 radical (unpaired) electrons. The number of cyclic esters (lactones) is 2. The summed E-state index contributed by atoms with van der Waals surface area (Å²) in [6.07, 6.45) is 6.55. The minimum absolute atomic E-state index is 0.159. The van der Waals surface area contributed by atoms with Crippen LogP contribution in [-0.4, -0.2) is 29.7 Å². The smallest absolute Gasteiger partial charge is 0.350 e. The van der Waals surface area contributed by atoms with Gasteiger partial charge in [0, 0.05) is 31.8 Å². The Labute approximate surface area is 168 Å². The summed E-state index contributed by atoms with van der Waals surface area (Å²) in [6.45, 7) is 2.95. The van der Waals surface area contributed by atoms with E-state index in [-0.39, 0.29) is 17.5 Å². The van der Waals surface area contributed by atoms with Gasteiger partial charge in [0.05, 0.1) is 10.6 Å². The second-order valence-electron chi connectivity index (χ2n) is 7.38. The highest BCUT2D eigenvalue weighted by Crippen LogP contribution is 2.25. The molecule has 1 aromatic carbocycles. The molecule has 1 saturated carbocycles. The number of anilines is 1. The van der Waals surface area contributed by atoms with Crippen molar-refractivity contribution in [3.63, 3.8) is 0 Å². The van der Waals surface area contributed by atoms with Crippen molar-refractivity contribution in [2.45, 2.75) is 57.8 Å². The van der Waals surface area contributed by atoms with Crippen LogP contribution < -0.4 is 10.6 Å². The lowest BCUT2D eigenvalue weighted by molar-refractivity contribution is -0.222. The van der Waals surface area contributed by atoms with Crippen LogP contribution >= 0.6 is 11.6 Å². The first-order valence-electron chi connectivity index (χ1n) is 9.29. The number of amides is 1. The molecule has 0 atom stereocenters. The van der Waals surface area contributed by atoms with E-state index in [0.29, 0.717) is 16.3 Å². The van der Waals surface area contributed by atoms with Gasteiger partial charge < -0.3 is 20.1 Å². The third-order valence-electron chi connectivity index (χ3n) is 4.65. The Morgan fingerprint density at radius 1 is 1.14 bits per heavy atom. The molecule has 1 saturated heterocycles. The van der Waals surface area contributed by atoms with E-state index < -0.39 is 17.7 Å². The second kappa shape index (κ2) is 8.22. The van der Waals surface area contributed by atoms with Gasteiger partial charge in [-0.25, -0.2) is 9.59 Å². The van der Waals surface area contributed by atoms with E-state index >= 15 is 0 Å². The van der Waals surface area contributed by atoms with Gasteiger partial charge in [-0.3, -0.25) is 4.79 Å². The van der Waals surface area contributed by atoms with E-state index in [0.717, 1.165) is 25.7 Å². The van der Waals surface area contributed by atoms with Crippen molar-refractivity contribution in [1.82, 2.24) is 5.32 Å². The van der Waals surface area contributed by atoms with Gasteiger partial charge in [0.25, 0.3) is 11.7 Å². The van der Waals surface area contributed by atoms with Crippen LogP contribution in [0, 0.1) is 0 Å². The van der Waals surface area contributed by atoms with Crippen molar-refractivity contribution >= 4 is 35.1 Å². The van der Waals surface area contributed by atoms with Crippen LogP contribution in [0.5, 0.6) is 0 Å². The number of rotatable bonds is 4. The number of nitrogens with one attached hydrogen (secondary N) is 2. The highest BCUT2D eigenvalue weighted by Gasteiger charge is 2.38. The molecule has 0 spiro atoms. The first-order valence-corrected chi connectivity index (χ1v) is 9.67. The molecule has 3 rings (SSSR count). The number of esters is 2. The molecule has 1 aliphatic carbocycles. The van der Waals surface area contributed by atoms with Crippen LogP contribution in [0.3, 0.4) is 0 Å². The molecule has 1 aliphatic heterocycles. The standard InChI is InChI=1S/C20H23ClN2O5/c1-20(2)27-18(25)15(19(26)28-20)11-22-13-8-9-16(21)14(10-13)17(24)23-12-6-4-3-5-7-12/h8-12,22H,3-7H2,1-2H3,(H,23,24). The third kappa shape index (κ3) is 4.84. The zero-order chi connectivity index (χ0) is 20.3. The van der Waals surface area contributed by atoms with Gasteiger partial charge in [0.1, 0.15) is 0 Å². The molecule has 0 unspecified atom stereocenters. The average Bonchev–Trinajstić information content (AvgIpc) is 2.62. The summed E-state index contributed by atoms with van der Waals surface area (Å²) in [4.78, 5) is 36.5. The molecule has 2 aliphatic rings. The number of ether oxygens (including phenoxy) is 2. The summed E-state index contributed by atoms with van der Waals surface area (Å²) >= 11 is 6.18. The van der Waals surface area contributed by atoms with Gasteiger partial charge >= 0.3 is 11.9 Å². The summed E-state index contributed by atoms with van der Waals surface area (Å²) < 4.78 is 10.1. The monoisotopic (exact) mass is 406 g/mol. The Bertz CT molecular complexity index is 806. The van der Waals surface area contributed by atoms with Crippen LogP contribution in [0.25, 0.3) is 0 Å². The largest absolute Gasteiger partial charge is 0.419 e. The van der Waals surface area contributed by atoms with E-state index in [2.05, 4.69) is 10.6 Å². The Morgan fingerprint density at radius 2 is 1.79 bits per heavy atom. The Kier molecular flexibility index (Phi) is 5.93. The molecule has 0 aromatic heterocycles. The molecule has 7 nitrogen and oxygen atoms in total. The van der Waals surface area contributed by atoms with Crippen LogP contribution in [0.4, 0.5) is 5.69 Å². The first-order chi connectivity index (χ1) is 13.2. The second-order valence-corrected chi connectivity index (χ2v) is 7.79. The van der Waals surface area contributed by atoms with Crippen LogP contribution in [0.2, 0.25) is 5.02 Å². The highest BCUT2D eigenvalue weighted by molar-refractivity contribution is 6.34. The predicted octanol–water partition coefficient (Wildman–Crippen LogP) is 3.53. The van der Waals surface area contributed by atoms with Gasteiger partial charge in [-0.1, -0.05) is 30.9 Å². The molecule has 2 N–H and O–H groups in total. The molecule has 2 fully saturated rings. The van der Waals surface area contributed by atoms with Crippen molar-refractivity contribution in [1.29, 1.82) is 0 Å². The number of halogens is 1. The zero-order valence-corrected chi connectivity index (χ0v) is 16.6. The quantitative estimate of drug-likeness (QED) is 0.451. The van der Waals surface area contributed by atoms with Crippen molar-refractivity contribution in [2.24, 2.45) is 0 Å². The summed E-state index contributed by atoms with van der Waals surface area (Å²) in [5, 5.41) is 6.17. The normalized spacial score (nSPS) is 19.5. The van der Waals surface area contributed by atoms with Gasteiger partial charge in [0.15, 0.2) is 5.57 Å². The number of carbonyl (C=O) groups is 3. The number of hydrogen-bond acceptors (Lipinski definition) is 6. The fourth-order valence-corrected chi connectivity index (χ4v) is 3.44. The lowest BCUT2D eigenvalue weighted by Gasteiger charge is -2.29. The van der Waals surface area contributed by atoms with Crippen molar-refractivity contribution in [3.05, 3.63) is 40.6 Å². The van der Waals surface area contributed by atoms with Crippen molar-refractivity contribution in [3.8, 4) is 0 Å². The van der Waals surface area contributed by atoms with E-state index in [1.807, 2.05) is 0 Å². The summed E-state index contributed by atoms with van der Waals surface area (Å²) in [5.41, 5.74) is 0.559. The van der Waals surface area contributed by atoms with Crippen LogP contribution in [-0.2, 0) is 19.1 Å². The Morgan fingerprint density at radius 3 is 2.43 bits per heavy atom. The minimum Gasteiger partial charge on any atom is -0.419 e. The van der Waals surface area contributed by atoms with Gasteiger partial charge in [-0.2, -0.15) is 0 Å². The highest BCUT2D eigenvalue weighted by atomic mass is 35.5. The third-order valence-corrected chi connectivity index (χ3v) is 4.98. The lowest BCUT2D eigenvalue weighted by atomic mass is 9.95. The number of hydrogen-bond donors (Lipinski definition) is 2. The van der Waals surface area contributed by atoms with Gasteiger partial charge in [-0.15, -0.1) is 0 Å². The average molecular weight is 407 g/mol. The van der Waals surface area contributed by atoms with Crippen LogP contribution in [0.1, 0.15) is 56.3 Å². The molecular weight excluding hydrogens is 384 g/mol. The maximum atomic E-state index is 12.6. The Balaban J connectivity index is 1.71. The van der Waals surface area contributed by atoms with Gasteiger partial charge in [-0.05, 0) is 31.0 Å². The number of carbonyl (C=O) groups excluding carboxylic acids is 3. The predicted molar refractivity (Wildman–Crippen MR) is 104 cm³/mol. The minimum atomic E-state index is -1.30. The summed E-state index contributed by atoms with van der Waals surface area (Å²) in [6, 6.07) is 4.95. The fraction of sp³-hybridized carbons (Fsp3) is 0.450. The molecule has 28 heavy (non-hydrogen) atoms. The van der Waals surface area contributed by atoms with Crippen molar-refractivity contribution in [2.75, 3.05) is 5.32 Å². The molecule has 8 heteroatoms. The molecule has 1 amide bonds. The fourth-order valence-electron chi connectivity index (χ4n) is 3.23. The maximum Gasteiger partial charge on any atom is 0.350 e. The summed E-state index contributed by atoms with van der Waals surface area (Å²) in [5.74, 6) is -3.10. The Hall–Kier alpha value is -2.54. The topological polar surface area (TPSA) is 93.7 Å². The maximum absolute atomic E-state index is 12.6. The van der Waals surface area contributed by atoms with E-state index in [1.54, 1.807) is 18.2 Å². The van der Waals surface area contributed by atoms with Crippen molar-refractivity contribution < 1.29 is 23.9 Å². The summed E-state index contributed by atoms with van der Waals surface area (Å²) in [7, 11) is 0. The molecular formula is C20H23ClN2O5. The lowest BCUT2D eigenvalue weighted by Crippen LogP contribution is -2.42. The molecule has 0 bridgehead atoms. The molecule has 150 valence electrons. The molecule has 1 heterocycles. The van der Waals surface area contributed by atoms with E-state index in [4.69, 9.17) is 21.1 Å². The van der Waals surface area contributed by atoms with Crippen LogP contribution in [0.15, 0.2) is 30.0 Å².